The summed E-state index contributed by atoms with van der Waals surface area (Å²) in [5.74, 6) is 0.839. The largest absolute Gasteiger partial charge is 0.465 e. The van der Waals surface area contributed by atoms with E-state index in [0.717, 1.165) is 47.9 Å². The van der Waals surface area contributed by atoms with Gasteiger partial charge in [0.1, 0.15) is 22.9 Å². The lowest BCUT2D eigenvalue weighted by molar-refractivity contribution is -0.146. The first kappa shape index (κ1) is 24.9. The minimum absolute atomic E-state index is 0.127. The summed E-state index contributed by atoms with van der Waals surface area (Å²) in [5, 5.41) is 10.4. The number of amides is 1. The van der Waals surface area contributed by atoms with Crippen LogP contribution in [0, 0.1) is 6.92 Å². The summed E-state index contributed by atoms with van der Waals surface area (Å²) in [6.45, 7) is 4.09. The predicted octanol–water partition coefficient (Wildman–Crippen LogP) is 5.94. The zero-order chi connectivity index (χ0) is 27.0. The number of benzene rings is 2. The number of rotatable bonds is 9. The van der Waals surface area contributed by atoms with Crippen molar-refractivity contribution in [2.24, 2.45) is 0 Å². The van der Waals surface area contributed by atoms with Gasteiger partial charge in [0.25, 0.3) is 5.91 Å². The summed E-state index contributed by atoms with van der Waals surface area (Å²) in [6, 6.07) is 21.8. The molecule has 0 bridgehead atoms. The lowest BCUT2D eigenvalue weighted by Gasteiger charge is -2.14. The molecule has 0 aliphatic heterocycles. The molecule has 2 heterocycles. The van der Waals surface area contributed by atoms with Crippen LogP contribution in [0.1, 0.15) is 54.4 Å². The molecule has 6 rings (SSSR count). The van der Waals surface area contributed by atoms with Crippen molar-refractivity contribution >= 4 is 23.4 Å². The third kappa shape index (κ3) is 5.02. The number of aromatic nitrogens is 2. The molecule has 0 radical (unpaired) electrons. The summed E-state index contributed by atoms with van der Waals surface area (Å²) in [4.78, 5) is 29.3. The van der Waals surface area contributed by atoms with E-state index in [0.29, 0.717) is 35.3 Å². The van der Waals surface area contributed by atoms with E-state index in [2.05, 4.69) is 20.8 Å². The van der Waals surface area contributed by atoms with Crippen molar-refractivity contribution in [3.8, 4) is 22.5 Å². The van der Waals surface area contributed by atoms with E-state index in [-0.39, 0.29) is 17.9 Å². The van der Waals surface area contributed by atoms with E-state index in [1.165, 1.54) is 0 Å². The predicted molar refractivity (Wildman–Crippen MR) is 148 cm³/mol. The van der Waals surface area contributed by atoms with Gasteiger partial charge in [0.05, 0.1) is 12.0 Å². The zero-order valence-electron chi connectivity index (χ0n) is 22.0. The Bertz CT molecular complexity index is 1520. The number of nitrogens with one attached hydrogen (secondary N) is 2. The fourth-order valence-corrected chi connectivity index (χ4v) is 4.76. The van der Waals surface area contributed by atoms with Crippen LogP contribution >= 0.6 is 0 Å². The number of aryl methyl sites for hydroxylation is 1. The van der Waals surface area contributed by atoms with E-state index < -0.39 is 5.41 Å². The number of carbonyl (C=O) groups excluding carboxylic acids is 2. The van der Waals surface area contributed by atoms with Gasteiger partial charge in [-0.1, -0.05) is 59.8 Å². The van der Waals surface area contributed by atoms with Crippen molar-refractivity contribution in [1.82, 2.24) is 15.5 Å². The maximum Gasteiger partial charge on any atom is 0.316 e. The molecule has 8 nitrogen and oxygen atoms in total. The summed E-state index contributed by atoms with van der Waals surface area (Å²) in [7, 11) is 0. The van der Waals surface area contributed by atoms with E-state index in [4.69, 9.17) is 9.26 Å². The van der Waals surface area contributed by atoms with Crippen molar-refractivity contribution in [3.63, 3.8) is 0 Å². The lowest BCUT2D eigenvalue weighted by Crippen LogP contribution is -2.26. The summed E-state index contributed by atoms with van der Waals surface area (Å²) < 4.78 is 11.0. The van der Waals surface area contributed by atoms with Crippen LogP contribution in [-0.2, 0) is 14.9 Å². The van der Waals surface area contributed by atoms with Gasteiger partial charge in [-0.05, 0) is 68.4 Å². The standard InChI is InChI=1S/C31H30N4O4/c1-3-38-30(37)31(17-18-31)23-13-11-21(12-14-23)20-7-9-22(10-8-20)28-27(19(2)35-39-28)34-26-6-4-5-25(33-26)29(36)32-24-15-16-24/h4-14,24H,3,15-18H2,1-2H3,(H,32,36)(H,33,34). The molecule has 8 heteroatoms. The first-order chi connectivity index (χ1) is 19.0. The molecule has 2 aromatic carbocycles. The zero-order valence-corrected chi connectivity index (χ0v) is 22.0. The molecule has 39 heavy (non-hydrogen) atoms. The summed E-state index contributed by atoms with van der Waals surface area (Å²) in [5.41, 5.74) is 5.27. The summed E-state index contributed by atoms with van der Waals surface area (Å²) in [6.07, 6.45) is 3.71. The highest BCUT2D eigenvalue weighted by Gasteiger charge is 2.52. The number of hydrogen-bond acceptors (Lipinski definition) is 7. The highest BCUT2D eigenvalue weighted by Crippen LogP contribution is 2.49. The Hall–Kier alpha value is -4.46. The average molecular weight is 523 g/mol. The molecule has 4 aromatic rings. The van der Waals surface area contributed by atoms with Crippen molar-refractivity contribution in [3.05, 3.63) is 83.7 Å². The quantitative estimate of drug-likeness (QED) is 0.262. The molecule has 0 atom stereocenters. The minimum Gasteiger partial charge on any atom is -0.465 e. The van der Waals surface area contributed by atoms with Crippen LogP contribution in [-0.4, -0.2) is 34.7 Å². The molecule has 2 fully saturated rings. The second-order valence-corrected chi connectivity index (χ2v) is 10.2. The van der Waals surface area contributed by atoms with Gasteiger partial charge in [0.15, 0.2) is 5.76 Å². The highest BCUT2D eigenvalue weighted by molar-refractivity contribution is 5.93. The second kappa shape index (κ2) is 10.0. The molecule has 2 saturated carbocycles. The van der Waals surface area contributed by atoms with Crippen LogP contribution < -0.4 is 10.6 Å². The lowest BCUT2D eigenvalue weighted by atomic mass is 9.93. The molecular weight excluding hydrogens is 492 g/mol. The number of ether oxygens (including phenoxy) is 1. The fourth-order valence-electron chi connectivity index (χ4n) is 4.76. The van der Waals surface area contributed by atoms with E-state index in [1.54, 1.807) is 12.1 Å². The average Bonchev–Trinajstić information content (AvgIpc) is 3.89. The molecule has 0 spiro atoms. The van der Waals surface area contributed by atoms with Crippen molar-refractivity contribution in [2.75, 3.05) is 11.9 Å². The van der Waals surface area contributed by atoms with Gasteiger partial charge in [-0.15, -0.1) is 0 Å². The van der Waals surface area contributed by atoms with Gasteiger partial charge in [-0.2, -0.15) is 0 Å². The van der Waals surface area contributed by atoms with Crippen LogP contribution in [0.25, 0.3) is 22.5 Å². The number of esters is 1. The van der Waals surface area contributed by atoms with Gasteiger partial charge >= 0.3 is 5.97 Å². The first-order valence-electron chi connectivity index (χ1n) is 13.4. The molecule has 1 amide bonds. The van der Waals surface area contributed by atoms with Gasteiger partial charge < -0.3 is 19.9 Å². The normalized spacial score (nSPS) is 15.4. The topological polar surface area (TPSA) is 106 Å². The van der Waals surface area contributed by atoms with Gasteiger partial charge in [-0.3, -0.25) is 9.59 Å². The fraction of sp³-hybridized carbons (Fsp3) is 0.290. The highest BCUT2D eigenvalue weighted by atomic mass is 16.5. The van der Waals surface area contributed by atoms with Crippen molar-refractivity contribution in [2.45, 2.75) is 51.0 Å². The number of carbonyl (C=O) groups is 2. The smallest absolute Gasteiger partial charge is 0.316 e. The Kier molecular flexibility index (Phi) is 6.38. The maximum absolute atomic E-state index is 12.4. The van der Waals surface area contributed by atoms with Crippen LogP contribution in [0.2, 0.25) is 0 Å². The number of hydrogen-bond donors (Lipinski definition) is 2. The molecular formula is C31H30N4O4. The number of nitrogens with zero attached hydrogens (tertiary/aromatic N) is 2. The van der Waals surface area contributed by atoms with Crippen molar-refractivity contribution < 1.29 is 18.8 Å². The molecule has 2 aromatic heterocycles. The molecule has 198 valence electrons. The third-order valence-corrected chi connectivity index (χ3v) is 7.34. The number of anilines is 2. The SMILES string of the molecule is CCOC(=O)C1(c2ccc(-c3ccc(-c4onc(C)c4Nc4cccc(C(=O)NC5CC5)n4)cc3)cc2)CC1. The Morgan fingerprint density at radius 3 is 2.28 bits per heavy atom. The Labute approximate surface area is 226 Å². The van der Waals surface area contributed by atoms with Crippen LogP contribution in [0.3, 0.4) is 0 Å². The molecule has 2 aliphatic rings. The summed E-state index contributed by atoms with van der Waals surface area (Å²) >= 11 is 0. The Balaban J connectivity index is 1.19. The Morgan fingerprint density at radius 2 is 1.64 bits per heavy atom. The van der Waals surface area contributed by atoms with Crippen molar-refractivity contribution in [1.29, 1.82) is 0 Å². The van der Waals surface area contributed by atoms with Gasteiger partial charge in [0, 0.05) is 11.6 Å². The molecule has 0 unspecified atom stereocenters. The van der Waals surface area contributed by atoms with Gasteiger partial charge in [-0.25, -0.2) is 4.98 Å². The van der Waals surface area contributed by atoms with E-state index in [9.17, 15) is 9.59 Å². The van der Waals surface area contributed by atoms with Crippen LogP contribution in [0.15, 0.2) is 71.3 Å². The van der Waals surface area contributed by atoms with E-state index >= 15 is 0 Å². The molecule has 0 saturated heterocycles. The van der Waals surface area contributed by atoms with Crippen LogP contribution in [0.5, 0.6) is 0 Å². The number of pyridine rings is 1. The monoisotopic (exact) mass is 522 g/mol. The van der Waals surface area contributed by atoms with Crippen LogP contribution in [0.4, 0.5) is 11.5 Å². The second-order valence-electron chi connectivity index (χ2n) is 10.2. The Morgan fingerprint density at radius 1 is 0.974 bits per heavy atom. The maximum atomic E-state index is 12.4. The van der Waals surface area contributed by atoms with Gasteiger partial charge in [0.2, 0.25) is 0 Å². The molecule has 2 aliphatic carbocycles. The third-order valence-electron chi connectivity index (χ3n) is 7.34. The minimum atomic E-state index is -0.471. The van der Waals surface area contributed by atoms with E-state index in [1.807, 2.05) is 68.4 Å². The first-order valence-corrected chi connectivity index (χ1v) is 13.4. The molecule has 2 N–H and O–H groups in total.